The minimum absolute atomic E-state index is 0.0480. The van der Waals surface area contributed by atoms with Crippen molar-refractivity contribution in [1.29, 1.82) is 0 Å². The first-order chi connectivity index (χ1) is 9.78. The number of carbonyl (C=O) groups excluding carboxylic acids is 1. The van der Waals surface area contributed by atoms with Crippen molar-refractivity contribution in [2.75, 3.05) is 17.2 Å². The highest BCUT2D eigenvalue weighted by atomic mass is 16.2. The lowest BCUT2D eigenvalue weighted by molar-refractivity contribution is -0.122. The van der Waals surface area contributed by atoms with E-state index in [1.54, 1.807) is 0 Å². The van der Waals surface area contributed by atoms with E-state index in [0.717, 1.165) is 24.3 Å². The second-order valence-electron chi connectivity index (χ2n) is 6.04. The molecule has 0 aliphatic heterocycles. The van der Waals surface area contributed by atoms with Crippen molar-refractivity contribution in [1.82, 2.24) is 15.3 Å². The number of hydrogen-bond acceptors (Lipinski definition) is 5. The quantitative estimate of drug-likeness (QED) is 0.749. The third kappa shape index (κ3) is 5.21. The monoisotopic (exact) mass is 293 g/mol. The molecule has 0 spiro atoms. The largest absolute Gasteiger partial charge is 0.370 e. The van der Waals surface area contributed by atoms with Gasteiger partial charge >= 0.3 is 0 Å². The summed E-state index contributed by atoms with van der Waals surface area (Å²) in [6, 6.07) is -0.362. The molecule has 21 heavy (non-hydrogen) atoms. The molecular formula is C15H27N5O. The molecule has 0 saturated carbocycles. The Hall–Kier alpha value is -1.85. The molecule has 1 aromatic rings. The van der Waals surface area contributed by atoms with Crippen molar-refractivity contribution in [3.05, 3.63) is 11.9 Å². The van der Waals surface area contributed by atoms with Gasteiger partial charge in [0.05, 0.1) is 0 Å². The molecule has 0 aliphatic carbocycles. The summed E-state index contributed by atoms with van der Waals surface area (Å²) >= 11 is 0. The van der Waals surface area contributed by atoms with Gasteiger partial charge in [-0.25, -0.2) is 9.97 Å². The van der Waals surface area contributed by atoms with Crippen molar-refractivity contribution in [3.8, 4) is 0 Å². The van der Waals surface area contributed by atoms with Crippen LogP contribution in [-0.4, -0.2) is 34.0 Å². The average molecular weight is 293 g/mol. The second-order valence-corrected chi connectivity index (χ2v) is 6.04. The van der Waals surface area contributed by atoms with Crippen molar-refractivity contribution >= 4 is 17.5 Å². The van der Waals surface area contributed by atoms with Crippen LogP contribution in [0.25, 0.3) is 0 Å². The van der Waals surface area contributed by atoms with Gasteiger partial charge in [-0.1, -0.05) is 6.92 Å². The van der Waals surface area contributed by atoms with Gasteiger partial charge in [-0.2, -0.15) is 0 Å². The summed E-state index contributed by atoms with van der Waals surface area (Å²) in [5.41, 5.74) is 0.746. The van der Waals surface area contributed by atoms with Gasteiger partial charge in [0.15, 0.2) is 0 Å². The highest BCUT2D eigenvalue weighted by molar-refractivity contribution is 5.84. The minimum atomic E-state index is -0.362. The summed E-state index contributed by atoms with van der Waals surface area (Å²) in [6.45, 7) is 12.6. The highest BCUT2D eigenvalue weighted by Crippen LogP contribution is 2.21. The highest BCUT2D eigenvalue weighted by Gasteiger charge is 2.20. The lowest BCUT2D eigenvalue weighted by atomic mass is 10.1. The van der Waals surface area contributed by atoms with Crippen LogP contribution < -0.4 is 16.0 Å². The first-order valence-electron chi connectivity index (χ1n) is 7.44. The molecule has 0 aromatic carbocycles. The Morgan fingerprint density at radius 2 is 1.86 bits per heavy atom. The van der Waals surface area contributed by atoms with E-state index < -0.39 is 0 Å². The Bertz CT molecular complexity index is 481. The van der Waals surface area contributed by atoms with Gasteiger partial charge in [-0.05, 0) is 41.0 Å². The molecule has 1 atom stereocenters. The predicted molar refractivity (Wildman–Crippen MR) is 86.6 cm³/mol. The number of anilines is 2. The molecule has 1 heterocycles. The topological polar surface area (TPSA) is 78.9 Å². The van der Waals surface area contributed by atoms with Crippen LogP contribution in [0, 0.1) is 0 Å². The van der Waals surface area contributed by atoms with E-state index in [9.17, 15) is 4.79 Å². The maximum absolute atomic E-state index is 12.1. The lowest BCUT2D eigenvalue weighted by Crippen LogP contribution is -2.47. The summed E-state index contributed by atoms with van der Waals surface area (Å²) in [7, 11) is 0. The van der Waals surface area contributed by atoms with E-state index >= 15 is 0 Å². The predicted octanol–water partition coefficient (Wildman–Crippen LogP) is 2.19. The van der Waals surface area contributed by atoms with E-state index in [4.69, 9.17) is 0 Å². The fourth-order valence-electron chi connectivity index (χ4n) is 1.94. The van der Waals surface area contributed by atoms with Crippen LogP contribution in [0.15, 0.2) is 6.33 Å². The number of nitrogens with one attached hydrogen (secondary N) is 3. The molecule has 0 bridgehead atoms. The molecule has 1 aromatic heterocycles. The van der Waals surface area contributed by atoms with Crippen molar-refractivity contribution in [2.24, 2.45) is 0 Å². The van der Waals surface area contributed by atoms with Crippen LogP contribution in [0.5, 0.6) is 0 Å². The summed E-state index contributed by atoms with van der Waals surface area (Å²) in [4.78, 5) is 20.7. The van der Waals surface area contributed by atoms with E-state index in [-0.39, 0.29) is 17.5 Å². The van der Waals surface area contributed by atoms with E-state index in [1.807, 2.05) is 41.5 Å². The molecule has 1 amide bonds. The van der Waals surface area contributed by atoms with Gasteiger partial charge < -0.3 is 16.0 Å². The van der Waals surface area contributed by atoms with Gasteiger partial charge in [0, 0.05) is 17.6 Å². The average Bonchev–Trinajstić information content (AvgIpc) is 2.37. The summed E-state index contributed by atoms with van der Waals surface area (Å²) in [5, 5.41) is 9.35. The van der Waals surface area contributed by atoms with Crippen LogP contribution in [0.1, 0.15) is 47.1 Å². The zero-order valence-corrected chi connectivity index (χ0v) is 13.9. The van der Waals surface area contributed by atoms with E-state index in [1.165, 1.54) is 6.33 Å². The van der Waals surface area contributed by atoms with Gasteiger partial charge in [-0.15, -0.1) is 0 Å². The summed E-state index contributed by atoms with van der Waals surface area (Å²) < 4.78 is 0. The van der Waals surface area contributed by atoms with Gasteiger partial charge in [0.2, 0.25) is 5.91 Å². The molecule has 0 aliphatic rings. The number of rotatable bonds is 6. The smallest absolute Gasteiger partial charge is 0.242 e. The fourth-order valence-corrected chi connectivity index (χ4v) is 1.94. The zero-order valence-electron chi connectivity index (χ0n) is 13.9. The first kappa shape index (κ1) is 17.2. The van der Waals surface area contributed by atoms with Gasteiger partial charge in [0.1, 0.15) is 24.0 Å². The van der Waals surface area contributed by atoms with Crippen LogP contribution in [-0.2, 0) is 11.2 Å². The Morgan fingerprint density at radius 1 is 1.24 bits per heavy atom. The summed E-state index contributed by atoms with van der Waals surface area (Å²) in [6.07, 6.45) is 2.30. The summed E-state index contributed by atoms with van der Waals surface area (Å²) in [5.74, 6) is 1.48. The molecule has 1 unspecified atom stereocenters. The first-order valence-corrected chi connectivity index (χ1v) is 7.44. The third-order valence-corrected chi connectivity index (χ3v) is 2.89. The molecule has 0 radical (unpaired) electrons. The standard InChI is InChI=1S/C15H27N5O/c1-7-11-12(16-8-2)17-9-18-13(11)19-10(3)14(21)20-15(4,5)6/h9-10H,7-8H2,1-6H3,(H,20,21)(H2,16,17,18,19). The normalized spacial score (nSPS) is 12.7. The van der Waals surface area contributed by atoms with Gasteiger partial charge in [0.25, 0.3) is 0 Å². The van der Waals surface area contributed by atoms with Crippen LogP contribution in [0.2, 0.25) is 0 Å². The lowest BCUT2D eigenvalue weighted by Gasteiger charge is -2.24. The molecule has 6 nitrogen and oxygen atoms in total. The maximum Gasteiger partial charge on any atom is 0.242 e. The van der Waals surface area contributed by atoms with E-state index in [0.29, 0.717) is 5.82 Å². The third-order valence-electron chi connectivity index (χ3n) is 2.89. The second kappa shape index (κ2) is 7.24. The number of amides is 1. The minimum Gasteiger partial charge on any atom is -0.370 e. The Kier molecular flexibility index (Phi) is 5.93. The molecule has 118 valence electrons. The van der Waals surface area contributed by atoms with Crippen molar-refractivity contribution < 1.29 is 4.79 Å². The zero-order chi connectivity index (χ0) is 16.0. The fraction of sp³-hybridized carbons (Fsp3) is 0.667. The van der Waals surface area contributed by atoms with Crippen molar-refractivity contribution in [3.63, 3.8) is 0 Å². The number of hydrogen-bond donors (Lipinski definition) is 3. The van der Waals surface area contributed by atoms with Crippen molar-refractivity contribution in [2.45, 2.75) is 59.5 Å². The maximum atomic E-state index is 12.1. The van der Waals surface area contributed by atoms with Crippen LogP contribution in [0.4, 0.5) is 11.6 Å². The number of nitrogens with zero attached hydrogens (tertiary/aromatic N) is 2. The molecule has 1 rings (SSSR count). The Morgan fingerprint density at radius 3 is 2.38 bits per heavy atom. The molecule has 3 N–H and O–H groups in total. The molecule has 6 heteroatoms. The van der Waals surface area contributed by atoms with Gasteiger partial charge in [-0.3, -0.25) is 4.79 Å². The Balaban J connectivity index is 2.87. The number of aromatic nitrogens is 2. The molecular weight excluding hydrogens is 266 g/mol. The van der Waals surface area contributed by atoms with Crippen LogP contribution >= 0.6 is 0 Å². The molecule has 0 saturated heterocycles. The van der Waals surface area contributed by atoms with E-state index in [2.05, 4.69) is 25.9 Å². The Labute approximate surface area is 127 Å². The number of carbonyl (C=O) groups is 1. The SMILES string of the molecule is CCNc1ncnc(NC(C)C(=O)NC(C)(C)C)c1CC. The molecule has 0 fully saturated rings. The van der Waals surface area contributed by atoms with Crippen LogP contribution in [0.3, 0.4) is 0 Å².